The van der Waals surface area contributed by atoms with Crippen molar-refractivity contribution in [3.63, 3.8) is 0 Å². The van der Waals surface area contributed by atoms with Crippen molar-refractivity contribution >= 4 is 11.9 Å². The number of aliphatic carboxylic acids is 2. The van der Waals surface area contributed by atoms with Gasteiger partial charge in [0.15, 0.2) is 0 Å². The van der Waals surface area contributed by atoms with Crippen LogP contribution in [0.5, 0.6) is 0 Å². The molecular weight excluding hydrogens is 464 g/mol. The first kappa shape index (κ1) is 27.2. The lowest BCUT2D eigenvalue weighted by Crippen LogP contribution is -2.64. The summed E-state index contributed by atoms with van der Waals surface area (Å²) in [5.74, 6) is -0.0707. The Kier molecular flexibility index (Phi) is 6.12. The second-order valence-corrected chi connectivity index (χ2v) is 15.6. The standard InChI is InChI=1S/C32H50O5/c1-27(2)22-10-13-32(7)23(30(22,5)12-11-24(27)37-19-25(33)34)9-8-20-21-18-29(4,26(35)36)15-14-28(21,3)16-17-31(20,32)6/h8,21-24H,9-19H2,1-7H3,(H,33,34)(H,35,36)/t21-,22?,23?,24-,28+,29?,30-,31+,32+/m0/s1. The van der Waals surface area contributed by atoms with Crippen LogP contribution < -0.4 is 0 Å². The fraction of sp³-hybridized carbons (Fsp3) is 0.875. The number of fused-ring (bicyclic) bond motifs is 7. The van der Waals surface area contributed by atoms with Crippen molar-refractivity contribution in [2.75, 3.05) is 6.61 Å². The van der Waals surface area contributed by atoms with Gasteiger partial charge in [0.1, 0.15) is 6.61 Å². The van der Waals surface area contributed by atoms with Crippen LogP contribution in [0.3, 0.4) is 0 Å². The highest BCUT2D eigenvalue weighted by atomic mass is 16.5. The second-order valence-electron chi connectivity index (χ2n) is 15.6. The maximum atomic E-state index is 12.3. The molecule has 4 saturated carbocycles. The van der Waals surface area contributed by atoms with Gasteiger partial charge in [0.05, 0.1) is 11.5 Å². The van der Waals surface area contributed by atoms with E-state index in [0.717, 1.165) is 44.9 Å². The number of allylic oxidation sites excluding steroid dienone is 2. The molecule has 5 heteroatoms. The minimum atomic E-state index is -0.885. The first-order valence-corrected chi connectivity index (χ1v) is 14.8. The molecule has 5 nitrogen and oxygen atoms in total. The zero-order valence-corrected chi connectivity index (χ0v) is 24.3. The lowest BCUT2D eigenvalue weighted by molar-refractivity contribution is -0.212. The highest BCUT2D eigenvalue weighted by Crippen LogP contribution is 2.75. The molecule has 0 aromatic rings. The van der Waals surface area contributed by atoms with E-state index in [-0.39, 0.29) is 39.8 Å². The summed E-state index contributed by atoms with van der Waals surface area (Å²) in [5, 5.41) is 19.3. The average molecular weight is 515 g/mol. The van der Waals surface area contributed by atoms with Gasteiger partial charge in [-0.2, -0.15) is 0 Å². The van der Waals surface area contributed by atoms with Gasteiger partial charge in [0.2, 0.25) is 0 Å². The third-order valence-electron chi connectivity index (χ3n) is 13.7. The lowest BCUT2D eigenvalue weighted by Gasteiger charge is -2.71. The van der Waals surface area contributed by atoms with Gasteiger partial charge in [-0.25, -0.2) is 4.79 Å². The highest BCUT2D eigenvalue weighted by molar-refractivity contribution is 5.74. The molecule has 5 aliphatic carbocycles. The Morgan fingerprint density at radius 3 is 2.22 bits per heavy atom. The number of ether oxygens (including phenoxy) is 1. The van der Waals surface area contributed by atoms with E-state index >= 15 is 0 Å². The zero-order valence-electron chi connectivity index (χ0n) is 24.3. The van der Waals surface area contributed by atoms with E-state index in [1.807, 2.05) is 6.92 Å². The van der Waals surface area contributed by atoms with E-state index in [4.69, 9.17) is 4.74 Å². The predicted octanol–water partition coefficient (Wildman–Crippen LogP) is 7.34. The number of hydrogen-bond acceptors (Lipinski definition) is 3. The molecule has 37 heavy (non-hydrogen) atoms. The van der Waals surface area contributed by atoms with Gasteiger partial charge in [-0.15, -0.1) is 0 Å². The van der Waals surface area contributed by atoms with Gasteiger partial charge in [-0.05, 0) is 116 Å². The molecule has 0 radical (unpaired) electrons. The fourth-order valence-electron chi connectivity index (χ4n) is 11.0. The van der Waals surface area contributed by atoms with Crippen LogP contribution in [0, 0.1) is 50.2 Å². The van der Waals surface area contributed by atoms with Crippen molar-refractivity contribution in [1.29, 1.82) is 0 Å². The summed E-state index contributed by atoms with van der Waals surface area (Å²) in [6.45, 7) is 16.5. The van der Waals surface area contributed by atoms with Gasteiger partial charge in [-0.1, -0.05) is 53.2 Å². The van der Waals surface area contributed by atoms with Gasteiger partial charge in [0, 0.05) is 0 Å². The minimum Gasteiger partial charge on any atom is -0.481 e. The second kappa shape index (κ2) is 8.32. The number of rotatable bonds is 4. The van der Waals surface area contributed by atoms with Crippen molar-refractivity contribution in [1.82, 2.24) is 0 Å². The molecule has 0 bridgehead atoms. The number of hydrogen-bond donors (Lipinski definition) is 2. The van der Waals surface area contributed by atoms with Crippen LogP contribution in [0.25, 0.3) is 0 Å². The Labute approximate surface area is 223 Å². The van der Waals surface area contributed by atoms with E-state index in [9.17, 15) is 19.8 Å². The fourth-order valence-corrected chi connectivity index (χ4v) is 11.0. The SMILES string of the molecule is CC1(C(=O)O)CC[C@]2(C)CC[C@]3(C)C(=CCC4[C@@]5(C)CC[C@H](OCC(=O)O)C(C)(C)C5CC[C@]43C)[C@@H]2C1. The van der Waals surface area contributed by atoms with E-state index in [1.165, 1.54) is 19.3 Å². The molecule has 4 fully saturated rings. The molecule has 0 aromatic heterocycles. The van der Waals surface area contributed by atoms with Crippen LogP contribution in [0.4, 0.5) is 0 Å². The summed E-state index contributed by atoms with van der Waals surface area (Å²) in [7, 11) is 0. The molecule has 0 spiro atoms. The van der Waals surface area contributed by atoms with E-state index in [0.29, 0.717) is 17.8 Å². The first-order chi connectivity index (χ1) is 17.0. The molecule has 208 valence electrons. The molecule has 5 aliphatic rings. The number of carboxylic acids is 2. The third kappa shape index (κ3) is 3.64. The Hall–Kier alpha value is -1.36. The zero-order chi connectivity index (χ0) is 27.2. The van der Waals surface area contributed by atoms with Gasteiger partial charge in [-0.3, -0.25) is 4.79 Å². The summed E-state index contributed by atoms with van der Waals surface area (Å²) in [6, 6.07) is 0. The predicted molar refractivity (Wildman–Crippen MR) is 144 cm³/mol. The van der Waals surface area contributed by atoms with Crippen molar-refractivity contribution in [2.45, 2.75) is 119 Å². The van der Waals surface area contributed by atoms with Crippen LogP contribution in [0.1, 0.15) is 113 Å². The molecule has 9 atom stereocenters. The number of carbonyl (C=O) groups is 2. The van der Waals surface area contributed by atoms with Crippen molar-refractivity contribution in [3.8, 4) is 0 Å². The normalized spacial score (nSPS) is 50.5. The minimum absolute atomic E-state index is 0.0114. The molecule has 3 unspecified atom stereocenters. The summed E-state index contributed by atoms with van der Waals surface area (Å²) in [5.41, 5.74) is 1.60. The molecule has 0 aliphatic heterocycles. The molecule has 2 N–H and O–H groups in total. The smallest absolute Gasteiger partial charge is 0.329 e. The van der Waals surface area contributed by atoms with Crippen molar-refractivity contribution in [2.24, 2.45) is 50.2 Å². The molecule has 0 amide bonds. The van der Waals surface area contributed by atoms with E-state index in [1.54, 1.807) is 5.57 Å². The summed E-state index contributed by atoms with van der Waals surface area (Å²) in [4.78, 5) is 23.5. The van der Waals surface area contributed by atoms with Crippen LogP contribution >= 0.6 is 0 Å². The lowest BCUT2D eigenvalue weighted by atomic mass is 9.33. The largest absolute Gasteiger partial charge is 0.481 e. The van der Waals surface area contributed by atoms with Crippen LogP contribution in [0.15, 0.2) is 11.6 Å². The monoisotopic (exact) mass is 514 g/mol. The van der Waals surface area contributed by atoms with Gasteiger partial charge >= 0.3 is 11.9 Å². The molecular formula is C32H50O5. The summed E-state index contributed by atoms with van der Waals surface area (Å²) >= 11 is 0. The molecule has 0 aromatic carbocycles. The Morgan fingerprint density at radius 1 is 0.892 bits per heavy atom. The maximum Gasteiger partial charge on any atom is 0.329 e. The van der Waals surface area contributed by atoms with E-state index < -0.39 is 17.4 Å². The summed E-state index contributed by atoms with van der Waals surface area (Å²) in [6.07, 6.45) is 13.0. The first-order valence-electron chi connectivity index (χ1n) is 14.8. The average Bonchev–Trinajstić information content (AvgIpc) is 2.79. The molecule has 0 heterocycles. The van der Waals surface area contributed by atoms with Crippen LogP contribution in [-0.2, 0) is 14.3 Å². The Morgan fingerprint density at radius 2 is 1.57 bits per heavy atom. The summed E-state index contributed by atoms with van der Waals surface area (Å²) < 4.78 is 5.97. The van der Waals surface area contributed by atoms with Gasteiger partial charge < -0.3 is 14.9 Å². The topological polar surface area (TPSA) is 83.8 Å². The Balaban J connectivity index is 1.50. The quantitative estimate of drug-likeness (QED) is 0.383. The maximum absolute atomic E-state index is 12.3. The van der Waals surface area contributed by atoms with E-state index in [2.05, 4.69) is 47.6 Å². The third-order valence-corrected chi connectivity index (χ3v) is 13.7. The van der Waals surface area contributed by atoms with Crippen LogP contribution in [0.2, 0.25) is 0 Å². The Bertz CT molecular complexity index is 1010. The molecule has 0 saturated heterocycles. The highest BCUT2D eigenvalue weighted by Gasteiger charge is 2.68. The van der Waals surface area contributed by atoms with Crippen molar-refractivity contribution in [3.05, 3.63) is 11.6 Å². The molecule has 5 rings (SSSR count). The van der Waals surface area contributed by atoms with Crippen molar-refractivity contribution < 1.29 is 24.5 Å². The van der Waals surface area contributed by atoms with Gasteiger partial charge in [0.25, 0.3) is 0 Å². The van der Waals surface area contributed by atoms with Crippen LogP contribution in [-0.4, -0.2) is 34.9 Å². The number of carboxylic acid groups (broad SMARTS) is 2.